The Labute approximate surface area is 125 Å². The van der Waals surface area contributed by atoms with Crippen molar-refractivity contribution in [1.82, 2.24) is 9.78 Å². The molecule has 1 aromatic rings. The third-order valence-electron chi connectivity index (χ3n) is 3.50. The molecule has 1 aromatic heterocycles. The standard InChI is InChI=1S/C16H23N3O2/c1-7-11-10(13(8-2)19(6)18-11)9-12-14(20)21-15(17-12)16(3,4)5/h9H,7-8H2,1-6H3. The van der Waals surface area contributed by atoms with E-state index in [0.717, 1.165) is 29.8 Å². The van der Waals surface area contributed by atoms with Crippen LogP contribution >= 0.6 is 0 Å². The molecule has 1 aliphatic heterocycles. The molecule has 0 amide bonds. The third kappa shape index (κ3) is 2.91. The molecular weight excluding hydrogens is 266 g/mol. The van der Waals surface area contributed by atoms with E-state index in [9.17, 15) is 4.79 Å². The molecule has 1 aliphatic rings. The van der Waals surface area contributed by atoms with Crippen LogP contribution in [0.2, 0.25) is 0 Å². The lowest BCUT2D eigenvalue weighted by molar-refractivity contribution is -0.130. The molecular formula is C16H23N3O2. The summed E-state index contributed by atoms with van der Waals surface area (Å²) in [7, 11) is 1.93. The topological polar surface area (TPSA) is 56.5 Å². The van der Waals surface area contributed by atoms with Gasteiger partial charge in [0.2, 0.25) is 5.90 Å². The average Bonchev–Trinajstić information content (AvgIpc) is 2.91. The molecule has 0 aliphatic carbocycles. The highest BCUT2D eigenvalue weighted by molar-refractivity contribution is 6.08. The summed E-state index contributed by atoms with van der Waals surface area (Å²) in [6.07, 6.45) is 3.48. The molecule has 0 fully saturated rings. The molecule has 21 heavy (non-hydrogen) atoms. The van der Waals surface area contributed by atoms with E-state index >= 15 is 0 Å². The summed E-state index contributed by atoms with van der Waals surface area (Å²) >= 11 is 0. The van der Waals surface area contributed by atoms with E-state index < -0.39 is 0 Å². The Balaban J connectivity index is 2.49. The fourth-order valence-corrected chi connectivity index (χ4v) is 2.35. The SMILES string of the molecule is CCc1nn(C)c(CC)c1C=C1N=C(C(C)(C)C)OC1=O. The van der Waals surface area contributed by atoms with Gasteiger partial charge in [0.15, 0.2) is 5.70 Å². The maximum atomic E-state index is 12.0. The Kier molecular flexibility index (Phi) is 4.03. The minimum absolute atomic E-state index is 0.276. The van der Waals surface area contributed by atoms with E-state index in [1.165, 1.54) is 0 Å². The van der Waals surface area contributed by atoms with Gasteiger partial charge in [-0.05, 0) is 18.9 Å². The smallest absolute Gasteiger partial charge is 0.363 e. The number of carbonyl (C=O) groups excluding carboxylic acids is 1. The average molecular weight is 289 g/mol. The van der Waals surface area contributed by atoms with Crippen molar-refractivity contribution in [3.63, 3.8) is 0 Å². The zero-order chi connectivity index (χ0) is 15.8. The molecule has 0 bridgehead atoms. The Bertz CT molecular complexity index is 631. The molecule has 2 heterocycles. The van der Waals surface area contributed by atoms with Gasteiger partial charge in [0.1, 0.15) is 0 Å². The van der Waals surface area contributed by atoms with Crippen LogP contribution in [0.25, 0.3) is 6.08 Å². The van der Waals surface area contributed by atoms with Gasteiger partial charge in [-0.15, -0.1) is 0 Å². The largest absolute Gasteiger partial charge is 0.406 e. The number of rotatable bonds is 3. The number of hydrogen-bond acceptors (Lipinski definition) is 4. The maximum Gasteiger partial charge on any atom is 0.363 e. The number of carbonyl (C=O) groups is 1. The van der Waals surface area contributed by atoms with Crippen molar-refractivity contribution in [2.24, 2.45) is 17.5 Å². The van der Waals surface area contributed by atoms with Crippen molar-refractivity contribution in [2.45, 2.75) is 47.5 Å². The van der Waals surface area contributed by atoms with E-state index in [1.54, 1.807) is 0 Å². The number of aryl methyl sites for hydroxylation is 2. The number of aliphatic imine (C=N–C) groups is 1. The lowest BCUT2D eigenvalue weighted by atomic mass is 9.97. The van der Waals surface area contributed by atoms with Crippen molar-refractivity contribution in [2.75, 3.05) is 0 Å². The van der Waals surface area contributed by atoms with E-state index in [0.29, 0.717) is 11.6 Å². The maximum absolute atomic E-state index is 12.0. The number of hydrogen-bond donors (Lipinski definition) is 0. The minimum Gasteiger partial charge on any atom is -0.406 e. The first-order valence-corrected chi connectivity index (χ1v) is 7.35. The normalized spacial score (nSPS) is 17.3. The van der Waals surface area contributed by atoms with Crippen LogP contribution in [0.3, 0.4) is 0 Å². The van der Waals surface area contributed by atoms with Gasteiger partial charge in [0.05, 0.1) is 5.69 Å². The van der Waals surface area contributed by atoms with Gasteiger partial charge in [-0.1, -0.05) is 34.6 Å². The summed E-state index contributed by atoms with van der Waals surface area (Å²) in [5, 5.41) is 4.51. The van der Waals surface area contributed by atoms with Gasteiger partial charge in [-0.25, -0.2) is 9.79 Å². The van der Waals surface area contributed by atoms with Gasteiger partial charge >= 0.3 is 5.97 Å². The van der Waals surface area contributed by atoms with Gasteiger partial charge in [-0.3, -0.25) is 4.68 Å². The van der Waals surface area contributed by atoms with Crippen LogP contribution in [-0.4, -0.2) is 21.6 Å². The number of nitrogens with zero attached hydrogens (tertiary/aromatic N) is 3. The molecule has 0 saturated carbocycles. The minimum atomic E-state index is -0.382. The Morgan fingerprint density at radius 2 is 1.90 bits per heavy atom. The number of ether oxygens (including phenoxy) is 1. The predicted molar refractivity (Wildman–Crippen MR) is 82.9 cm³/mol. The van der Waals surface area contributed by atoms with Gasteiger partial charge in [0.25, 0.3) is 0 Å². The zero-order valence-electron chi connectivity index (χ0n) is 13.6. The molecule has 0 aromatic carbocycles. The number of aromatic nitrogens is 2. The van der Waals surface area contributed by atoms with Crippen molar-refractivity contribution >= 4 is 17.9 Å². The molecule has 0 spiro atoms. The molecule has 0 N–H and O–H groups in total. The second-order valence-electron chi connectivity index (χ2n) is 6.22. The molecule has 5 heteroatoms. The Morgan fingerprint density at radius 3 is 2.38 bits per heavy atom. The summed E-state index contributed by atoms with van der Waals surface area (Å²) in [6, 6.07) is 0. The summed E-state index contributed by atoms with van der Waals surface area (Å²) in [5.41, 5.74) is 3.16. The lowest BCUT2D eigenvalue weighted by Crippen LogP contribution is -2.21. The molecule has 0 saturated heterocycles. The van der Waals surface area contributed by atoms with E-state index in [1.807, 2.05) is 38.6 Å². The van der Waals surface area contributed by atoms with Crippen LogP contribution in [0.1, 0.15) is 51.6 Å². The van der Waals surface area contributed by atoms with Crippen LogP contribution in [0.5, 0.6) is 0 Å². The van der Waals surface area contributed by atoms with Crippen LogP contribution in [0, 0.1) is 5.41 Å². The molecule has 0 unspecified atom stereocenters. The van der Waals surface area contributed by atoms with E-state index in [4.69, 9.17) is 4.74 Å². The Hall–Kier alpha value is -1.91. The predicted octanol–water partition coefficient (Wildman–Crippen LogP) is 2.89. The van der Waals surface area contributed by atoms with Gasteiger partial charge in [-0.2, -0.15) is 5.10 Å². The van der Waals surface area contributed by atoms with Gasteiger partial charge in [0, 0.05) is 23.7 Å². The summed E-state index contributed by atoms with van der Waals surface area (Å²) in [6.45, 7) is 10.1. The highest BCUT2D eigenvalue weighted by atomic mass is 16.6. The first kappa shape index (κ1) is 15.5. The molecule has 5 nitrogen and oxygen atoms in total. The van der Waals surface area contributed by atoms with Crippen LogP contribution in [-0.2, 0) is 29.4 Å². The molecule has 0 radical (unpaired) electrons. The first-order chi connectivity index (χ1) is 9.77. The quantitative estimate of drug-likeness (QED) is 0.635. The summed E-state index contributed by atoms with van der Waals surface area (Å²) in [4.78, 5) is 16.4. The third-order valence-corrected chi connectivity index (χ3v) is 3.50. The molecule has 0 atom stereocenters. The van der Waals surface area contributed by atoms with Crippen LogP contribution in [0.4, 0.5) is 0 Å². The van der Waals surface area contributed by atoms with Crippen LogP contribution in [0.15, 0.2) is 10.7 Å². The fourth-order valence-electron chi connectivity index (χ4n) is 2.35. The van der Waals surface area contributed by atoms with Crippen LogP contribution < -0.4 is 0 Å². The van der Waals surface area contributed by atoms with Gasteiger partial charge < -0.3 is 4.74 Å². The second-order valence-corrected chi connectivity index (χ2v) is 6.22. The fraction of sp³-hybridized carbons (Fsp3) is 0.562. The van der Waals surface area contributed by atoms with Crippen molar-refractivity contribution in [3.05, 3.63) is 22.6 Å². The Morgan fingerprint density at radius 1 is 1.24 bits per heavy atom. The second kappa shape index (κ2) is 5.47. The zero-order valence-corrected chi connectivity index (χ0v) is 13.6. The summed E-state index contributed by atoms with van der Waals surface area (Å²) in [5.74, 6) is 0.0895. The van der Waals surface area contributed by atoms with Crippen molar-refractivity contribution in [1.29, 1.82) is 0 Å². The van der Waals surface area contributed by atoms with E-state index in [2.05, 4.69) is 23.9 Å². The lowest BCUT2D eigenvalue weighted by Gasteiger charge is -2.15. The highest BCUT2D eigenvalue weighted by Crippen LogP contribution is 2.27. The van der Waals surface area contributed by atoms with E-state index in [-0.39, 0.29) is 11.4 Å². The summed E-state index contributed by atoms with van der Waals surface area (Å²) < 4.78 is 7.15. The molecule has 2 rings (SSSR count). The highest BCUT2D eigenvalue weighted by Gasteiger charge is 2.32. The van der Waals surface area contributed by atoms with Crippen molar-refractivity contribution < 1.29 is 9.53 Å². The monoisotopic (exact) mass is 289 g/mol. The molecule has 114 valence electrons. The van der Waals surface area contributed by atoms with Crippen molar-refractivity contribution in [3.8, 4) is 0 Å². The number of esters is 1. The first-order valence-electron chi connectivity index (χ1n) is 7.35. The number of cyclic esters (lactones) is 1.